The van der Waals surface area contributed by atoms with E-state index in [4.69, 9.17) is 0 Å². The van der Waals surface area contributed by atoms with Crippen molar-refractivity contribution >= 4 is 0 Å². The summed E-state index contributed by atoms with van der Waals surface area (Å²) in [6.45, 7) is 7.61. The van der Waals surface area contributed by atoms with Gasteiger partial charge in [0.05, 0.1) is 5.60 Å². The Morgan fingerprint density at radius 2 is 2.06 bits per heavy atom. The number of hydrogen-bond acceptors (Lipinski definition) is 2. The molecule has 17 heavy (non-hydrogen) atoms. The van der Waals surface area contributed by atoms with Gasteiger partial charge in [-0.05, 0) is 39.2 Å². The topological polar surface area (TPSA) is 23.5 Å². The van der Waals surface area contributed by atoms with Crippen molar-refractivity contribution in [3.8, 4) is 0 Å². The van der Waals surface area contributed by atoms with Crippen LogP contribution in [-0.4, -0.2) is 28.2 Å². The second kappa shape index (κ2) is 4.79. The molecule has 0 aliphatic heterocycles. The number of aryl methyl sites for hydroxylation is 1. The lowest BCUT2D eigenvalue weighted by molar-refractivity contribution is 0.0304. The van der Waals surface area contributed by atoms with Gasteiger partial charge in [0, 0.05) is 19.1 Å². The van der Waals surface area contributed by atoms with Gasteiger partial charge in [0.15, 0.2) is 0 Å². The van der Waals surface area contributed by atoms with Gasteiger partial charge in [-0.1, -0.05) is 29.8 Å². The third kappa shape index (κ3) is 4.14. The Morgan fingerprint density at radius 3 is 2.59 bits per heavy atom. The molecule has 1 aliphatic carbocycles. The van der Waals surface area contributed by atoms with Crippen LogP contribution in [0.15, 0.2) is 24.3 Å². The summed E-state index contributed by atoms with van der Waals surface area (Å²) < 4.78 is 0. The van der Waals surface area contributed by atoms with Crippen LogP contribution >= 0.6 is 0 Å². The van der Waals surface area contributed by atoms with E-state index < -0.39 is 5.60 Å². The van der Waals surface area contributed by atoms with Crippen LogP contribution in [0, 0.1) is 6.92 Å². The Morgan fingerprint density at radius 1 is 1.35 bits per heavy atom. The Hall–Kier alpha value is -0.860. The van der Waals surface area contributed by atoms with Gasteiger partial charge in [-0.2, -0.15) is 0 Å². The fourth-order valence-corrected chi connectivity index (χ4v) is 2.30. The minimum absolute atomic E-state index is 0.605. The van der Waals surface area contributed by atoms with E-state index in [1.807, 2.05) is 13.8 Å². The zero-order valence-corrected chi connectivity index (χ0v) is 11.1. The molecule has 0 spiro atoms. The highest BCUT2D eigenvalue weighted by Crippen LogP contribution is 2.29. The second-order valence-corrected chi connectivity index (χ2v) is 5.94. The summed E-state index contributed by atoms with van der Waals surface area (Å²) in [7, 11) is 0. The van der Waals surface area contributed by atoms with Gasteiger partial charge in [-0.15, -0.1) is 0 Å². The lowest BCUT2D eigenvalue weighted by atomic mass is 10.1. The van der Waals surface area contributed by atoms with Crippen molar-refractivity contribution < 1.29 is 5.11 Å². The first-order chi connectivity index (χ1) is 7.94. The molecular formula is C15H23NO. The fraction of sp³-hybridized carbons (Fsp3) is 0.600. The smallest absolute Gasteiger partial charge is 0.0718 e. The average Bonchev–Trinajstić information content (AvgIpc) is 2.97. The van der Waals surface area contributed by atoms with Gasteiger partial charge < -0.3 is 5.11 Å². The maximum absolute atomic E-state index is 9.96. The van der Waals surface area contributed by atoms with Crippen molar-refractivity contribution in [2.45, 2.75) is 51.8 Å². The predicted molar refractivity (Wildman–Crippen MR) is 70.9 cm³/mol. The van der Waals surface area contributed by atoms with Gasteiger partial charge >= 0.3 is 0 Å². The van der Waals surface area contributed by atoms with Gasteiger partial charge in [-0.3, -0.25) is 4.90 Å². The highest BCUT2D eigenvalue weighted by atomic mass is 16.3. The third-order valence-electron chi connectivity index (χ3n) is 3.12. The molecule has 2 rings (SSSR count). The van der Waals surface area contributed by atoms with Crippen LogP contribution in [-0.2, 0) is 6.54 Å². The molecule has 2 heteroatoms. The Kier molecular flexibility index (Phi) is 3.55. The van der Waals surface area contributed by atoms with Crippen molar-refractivity contribution in [1.29, 1.82) is 0 Å². The monoisotopic (exact) mass is 233 g/mol. The lowest BCUT2D eigenvalue weighted by Gasteiger charge is -2.29. The zero-order chi connectivity index (χ0) is 12.5. The second-order valence-electron chi connectivity index (χ2n) is 5.94. The molecule has 1 saturated carbocycles. The van der Waals surface area contributed by atoms with E-state index in [0.29, 0.717) is 6.04 Å². The predicted octanol–water partition coefficient (Wildman–Crippen LogP) is 2.73. The van der Waals surface area contributed by atoms with E-state index in [1.54, 1.807) is 0 Å². The lowest BCUT2D eigenvalue weighted by Crippen LogP contribution is -2.39. The fourth-order valence-electron chi connectivity index (χ4n) is 2.30. The van der Waals surface area contributed by atoms with Crippen LogP contribution in [0.4, 0.5) is 0 Å². The summed E-state index contributed by atoms with van der Waals surface area (Å²) in [4.78, 5) is 2.41. The van der Waals surface area contributed by atoms with Crippen molar-refractivity contribution in [3.05, 3.63) is 35.4 Å². The summed E-state index contributed by atoms with van der Waals surface area (Å²) >= 11 is 0. The standard InChI is InChI=1S/C15H23NO/c1-12-5-4-6-13(9-12)10-16(14-7-8-14)11-15(2,3)17/h4-6,9,14,17H,7-8,10-11H2,1-3H3. The van der Waals surface area contributed by atoms with E-state index in [-0.39, 0.29) is 0 Å². The number of rotatable bonds is 5. The zero-order valence-electron chi connectivity index (χ0n) is 11.1. The molecule has 0 heterocycles. The molecule has 0 amide bonds. The molecule has 0 atom stereocenters. The number of benzene rings is 1. The highest BCUT2D eigenvalue weighted by molar-refractivity contribution is 5.22. The minimum Gasteiger partial charge on any atom is -0.389 e. The number of aliphatic hydroxyl groups is 1. The van der Waals surface area contributed by atoms with Crippen molar-refractivity contribution in [2.24, 2.45) is 0 Å². The molecular weight excluding hydrogens is 210 g/mol. The first kappa shape index (κ1) is 12.6. The number of hydrogen-bond donors (Lipinski definition) is 1. The number of nitrogens with zero attached hydrogens (tertiary/aromatic N) is 1. The molecule has 1 N–H and O–H groups in total. The Bertz CT molecular complexity index is 377. The van der Waals surface area contributed by atoms with Crippen molar-refractivity contribution in [3.63, 3.8) is 0 Å². The summed E-state index contributed by atoms with van der Waals surface area (Å²) in [6, 6.07) is 9.33. The minimum atomic E-state index is -0.605. The average molecular weight is 233 g/mol. The normalized spacial score (nSPS) is 16.5. The van der Waals surface area contributed by atoms with Gasteiger partial charge in [0.25, 0.3) is 0 Å². The molecule has 0 radical (unpaired) electrons. The molecule has 1 aromatic carbocycles. The van der Waals surface area contributed by atoms with Gasteiger partial charge in [-0.25, -0.2) is 0 Å². The van der Waals surface area contributed by atoms with Crippen LogP contribution in [0.1, 0.15) is 37.8 Å². The largest absolute Gasteiger partial charge is 0.389 e. The Balaban J connectivity index is 2.02. The molecule has 94 valence electrons. The summed E-state index contributed by atoms with van der Waals surface area (Å²) in [6.07, 6.45) is 2.56. The van der Waals surface area contributed by atoms with Crippen LogP contribution in [0.2, 0.25) is 0 Å². The van der Waals surface area contributed by atoms with Crippen LogP contribution < -0.4 is 0 Å². The molecule has 0 saturated heterocycles. The van der Waals surface area contributed by atoms with Crippen LogP contribution in [0.3, 0.4) is 0 Å². The molecule has 0 unspecified atom stereocenters. The first-order valence-corrected chi connectivity index (χ1v) is 6.46. The van der Waals surface area contributed by atoms with E-state index in [0.717, 1.165) is 13.1 Å². The van der Waals surface area contributed by atoms with E-state index in [9.17, 15) is 5.11 Å². The van der Waals surface area contributed by atoms with Crippen molar-refractivity contribution in [1.82, 2.24) is 4.90 Å². The maximum atomic E-state index is 9.96. The molecule has 0 aromatic heterocycles. The van der Waals surface area contributed by atoms with Gasteiger partial charge in [0.2, 0.25) is 0 Å². The van der Waals surface area contributed by atoms with Crippen LogP contribution in [0.5, 0.6) is 0 Å². The van der Waals surface area contributed by atoms with E-state index in [1.165, 1.54) is 24.0 Å². The summed E-state index contributed by atoms with van der Waals surface area (Å²) in [5.74, 6) is 0. The van der Waals surface area contributed by atoms with E-state index >= 15 is 0 Å². The van der Waals surface area contributed by atoms with Crippen LogP contribution in [0.25, 0.3) is 0 Å². The Labute approximate surface area is 104 Å². The van der Waals surface area contributed by atoms with Crippen molar-refractivity contribution in [2.75, 3.05) is 6.54 Å². The molecule has 0 bridgehead atoms. The summed E-state index contributed by atoms with van der Waals surface area (Å²) in [5, 5.41) is 9.96. The molecule has 1 fully saturated rings. The third-order valence-corrected chi connectivity index (χ3v) is 3.12. The molecule has 1 aliphatic rings. The quantitative estimate of drug-likeness (QED) is 0.845. The van der Waals surface area contributed by atoms with Gasteiger partial charge in [0.1, 0.15) is 0 Å². The highest BCUT2D eigenvalue weighted by Gasteiger charge is 2.32. The van der Waals surface area contributed by atoms with E-state index in [2.05, 4.69) is 36.1 Å². The molecule has 2 nitrogen and oxygen atoms in total. The SMILES string of the molecule is Cc1cccc(CN(CC(C)(C)O)C2CC2)c1. The summed E-state index contributed by atoms with van der Waals surface area (Å²) in [5.41, 5.74) is 2.05. The first-order valence-electron chi connectivity index (χ1n) is 6.46. The molecule has 1 aromatic rings. The maximum Gasteiger partial charge on any atom is 0.0718 e.